The molecule has 0 saturated heterocycles. The van der Waals surface area contributed by atoms with Crippen LogP contribution in [0.25, 0.3) is 10.2 Å². The van der Waals surface area contributed by atoms with Crippen LogP contribution in [0.15, 0.2) is 65.1 Å². The molecule has 0 aliphatic carbocycles. The molecule has 1 N–H and O–H groups in total. The summed E-state index contributed by atoms with van der Waals surface area (Å²) < 4.78 is 27.7. The Morgan fingerprint density at radius 2 is 1.93 bits per heavy atom. The summed E-state index contributed by atoms with van der Waals surface area (Å²) in [5.74, 6) is -0.441. The number of carbonyl (C=O) groups excluding carboxylic acids is 1. The lowest BCUT2D eigenvalue weighted by Gasteiger charge is -2.20. The Hall–Kier alpha value is -3.08. The molecule has 0 saturated carbocycles. The number of rotatable bonds is 4. The van der Waals surface area contributed by atoms with Crippen molar-refractivity contribution in [2.75, 3.05) is 0 Å². The maximum absolute atomic E-state index is 13.0. The minimum atomic E-state index is -3.85. The SMILES string of the molecule is O=C(C(O)c1ccccc1)N1Cc2cn(S(=O)(=O)c3ccc4ncsc4c3)nc2C1. The van der Waals surface area contributed by atoms with E-state index in [2.05, 4.69) is 10.1 Å². The summed E-state index contributed by atoms with van der Waals surface area (Å²) in [5, 5.41) is 14.6. The molecule has 0 radical (unpaired) electrons. The first-order chi connectivity index (χ1) is 14.4. The quantitative estimate of drug-likeness (QED) is 0.522. The van der Waals surface area contributed by atoms with Gasteiger partial charge in [0.25, 0.3) is 15.9 Å². The standard InChI is InChI=1S/C20H16N4O4S2/c25-19(13-4-2-1-3-5-13)20(26)23-9-14-10-24(22-17(14)11-23)30(27,28)15-6-7-16-18(8-15)29-12-21-16/h1-8,10,12,19,25H,9,11H2. The van der Waals surface area contributed by atoms with Crippen molar-refractivity contribution in [3.05, 3.63) is 77.1 Å². The van der Waals surface area contributed by atoms with Crippen molar-refractivity contribution in [1.82, 2.24) is 19.1 Å². The number of hydrogen-bond acceptors (Lipinski definition) is 7. The predicted octanol–water partition coefficient (Wildman–Crippen LogP) is 2.31. The third kappa shape index (κ3) is 3.09. The molecule has 4 aromatic rings. The van der Waals surface area contributed by atoms with Crippen LogP contribution in [0.5, 0.6) is 0 Å². The van der Waals surface area contributed by atoms with Gasteiger partial charge in [0.05, 0.1) is 32.9 Å². The zero-order valence-corrected chi connectivity index (χ0v) is 17.2. The molecule has 3 heterocycles. The zero-order valence-electron chi connectivity index (χ0n) is 15.5. The second-order valence-corrected chi connectivity index (χ2v) is 9.65. The summed E-state index contributed by atoms with van der Waals surface area (Å²) in [6.45, 7) is 0.343. The van der Waals surface area contributed by atoms with Gasteiger partial charge in [-0.2, -0.15) is 17.6 Å². The minimum Gasteiger partial charge on any atom is -0.378 e. The molecular formula is C20H16N4O4S2. The van der Waals surface area contributed by atoms with E-state index < -0.39 is 22.0 Å². The topological polar surface area (TPSA) is 105 Å². The number of aliphatic hydroxyl groups excluding tert-OH is 1. The Bertz CT molecular complexity index is 1340. The van der Waals surface area contributed by atoms with Gasteiger partial charge >= 0.3 is 0 Å². The van der Waals surface area contributed by atoms with Crippen LogP contribution < -0.4 is 0 Å². The molecule has 10 heteroatoms. The lowest BCUT2D eigenvalue weighted by molar-refractivity contribution is -0.141. The molecule has 152 valence electrons. The summed E-state index contributed by atoms with van der Waals surface area (Å²) >= 11 is 1.37. The maximum Gasteiger partial charge on any atom is 0.283 e. The van der Waals surface area contributed by atoms with E-state index in [9.17, 15) is 18.3 Å². The van der Waals surface area contributed by atoms with E-state index in [0.29, 0.717) is 16.8 Å². The predicted molar refractivity (Wildman–Crippen MR) is 110 cm³/mol. The lowest BCUT2D eigenvalue weighted by Crippen LogP contribution is -2.31. The molecule has 1 aliphatic rings. The molecule has 1 amide bonds. The van der Waals surface area contributed by atoms with Gasteiger partial charge in [-0.15, -0.1) is 11.3 Å². The molecule has 0 fully saturated rings. The third-order valence-corrected chi connectivity index (χ3v) is 7.39. The number of amides is 1. The molecule has 2 aromatic heterocycles. The van der Waals surface area contributed by atoms with Crippen LogP contribution in [-0.4, -0.2) is 38.5 Å². The van der Waals surface area contributed by atoms with E-state index in [1.165, 1.54) is 28.5 Å². The average Bonchev–Trinajstić information content (AvgIpc) is 3.47. The van der Waals surface area contributed by atoms with Crippen LogP contribution in [0.3, 0.4) is 0 Å². The Morgan fingerprint density at radius 1 is 1.13 bits per heavy atom. The molecule has 0 spiro atoms. The molecule has 8 nitrogen and oxygen atoms in total. The van der Waals surface area contributed by atoms with Gasteiger partial charge in [0.15, 0.2) is 6.10 Å². The van der Waals surface area contributed by atoms with Gasteiger partial charge in [-0.25, -0.2) is 4.98 Å². The fraction of sp³-hybridized carbons (Fsp3) is 0.150. The summed E-state index contributed by atoms with van der Waals surface area (Å²) in [6, 6.07) is 13.4. The zero-order chi connectivity index (χ0) is 20.9. The fourth-order valence-electron chi connectivity index (χ4n) is 3.46. The highest BCUT2D eigenvalue weighted by Crippen LogP contribution is 2.28. The average molecular weight is 441 g/mol. The van der Waals surface area contributed by atoms with Gasteiger partial charge in [0, 0.05) is 18.3 Å². The molecule has 2 aromatic carbocycles. The van der Waals surface area contributed by atoms with Crippen molar-refractivity contribution in [2.24, 2.45) is 0 Å². The van der Waals surface area contributed by atoms with Crippen LogP contribution in [0, 0.1) is 0 Å². The highest BCUT2D eigenvalue weighted by atomic mass is 32.2. The highest BCUT2D eigenvalue weighted by molar-refractivity contribution is 7.89. The van der Waals surface area contributed by atoms with Crippen molar-refractivity contribution < 1.29 is 18.3 Å². The van der Waals surface area contributed by atoms with Gasteiger partial charge in [-0.1, -0.05) is 30.3 Å². The van der Waals surface area contributed by atoms with Crippen LogP contribution in [0.1, 0.15) is 22.9 Å². The van der Waals surface area contributed by atoms with Gasteiger partial charge in [-0.05, 0) is 23.8 Å². The fourth-order valence-corrected chi connectivity index (χ4v) is 5.45. The van der Waals surface area contributed by atoms with Gasteiger partial charge < -0.3 is 10.0 Å². The lowest BCUT2D eigenvalue weighted by atomic mass is 10.1. The summed E-state index contributed by atoms with van der Waals surface area (Å²) in [4.78, 5) is 18.4. The molecule has 5 rings (SSSR count). The number of fused-ring (bicyclic) bond motifs is 2. The second kappa shape index (κ2) is 7.01. The molecular weight excluding hydrogens is 424 g/mol. The Morgan fingerprint density at radius 3 is 2.70 bits per heavy atom. The number of benzene rings is 2. The summed E-state index contributed by atoms with van der Waals surface area (Å²) in [7, 11) is -3.85. The Labute approximate surface area is 176 Å². The van der Waals surface area contributed by atoms with E-state index in [-0.39, 0.29) is 18.0 Å². The molecule has 0 bridgehead atoms. The summed E-state index contributed by atoms with van der Waals surface area (Å²) in [5.41, 5.74) is 4.07. The number of nitrogens with zero attached hydrogens (tertiary/aromatic N) is 4. The van der Waals surface area contributed by atoms with Crippen LogP contribution in [-0.2, 0) is 27.9 Å². The monoisotopic (exact) mass is 440 g/mol. The molecule has 1 unspecified atom stereocenters. The van der Waals surface area contributed by atoms with Crippen LogP contribution in [0.4, 0.5) is 0 Å². The van der Waals surface area contributed by atoms with Crippen molar-refractivity contribution in [3.63, 3.8) is 0 Å². The minimum absolute atomic E-state index is 0.132. The number of aliphatic hydroxyl groups is 1. The first-order valence-electron chi connectivity index (χ1n) is 9.11. The molecule has 1 aliphatic heterocycles. The largest absolute Gasteiger partial charge is 0.378 e. The normalized spacial score (nSPS) is 14.8. The summed E-state index contributed by atoms with van der Waals surface area (Å²) in [6.07, 6.45) is 0.168. The number of thiazole rings is 1. The smallest absolute Gasteiger partial charge is 0.283 e. The number of carbonyl (C=O) groups is 1. The molecule has 30 heavy (non-hydrogen) atoms. The van der Waals surface area contributed by atoms with E-state index in [1.54, 1.807) is 41.9 Å². The molecule has 1 atom stereocenters. The van der Waals surface area contributed by atoms with Crippen molar-refractivity contribution in [3.8, 4) is 0 Å². The van der Waals surface area contributed by atoms with E-state index in [0.717, 1.165) is 14.3 Å². The number of aromatic nitrogens is 3. The van der Waals surface area contributed by atoms with Gasteiger partial charge in [0.2, 0.25) is 0 Å². The van der Waals surface area contributed by atoms with Crippen molar-refractivity contribution in [1.29, 1.82) is 0 Å². The Balaban J connectivity index is 1.37. The highest BCUT2D eigenvalue weighted by Gasteiger charge is 2.32. The van der Waals surface area contributed by atoms with E-state index in [4.69, 9.17) is 0 Å². The van der Waals surface area contributed by atoms with Gasteiger partial charge in [0.1, 0.15) is 0 Å². The van der Waals surface area contributed by atoms with Crippen molar-refractivity contribution in [2.45, 2.75) is 24.1 Å². The second-order valence-electron chi connectivity index (χ2n) is 6.97. The first-order valence-corrected chi connectivity index (χ1v) is 11.4. The van der Waals surface area contributed by atoms with Crippen LogP contribution >= 0.6 is 11.3 Å². The number of hydrogen-bond donors (Lipinski definition) is 1. The van der Waals surface area contributed by atoms with E-state index in [1.807, 2.05) is 6.07 Å². The van der Waals surface area contributed by atoms with Crippen LogP contribution in [0.2, 0.25) is 0 Å². The Kier molecular flexibility index (Phi) is 4.42. The first kappa shape index (κ1) is 18.9. The van der Waals surface area contributed by atoms with E-state index >= 15 is 0 Å². The van der Waals surface area contributed by atoms with Crippen molar-refractivity contribution >= 4 is 37.5 Å². The maximum atomic E-state index is 13.0. The van der Waals surface area contributed by atoms with Gasteiger partial charge in [-0.3, -0.25) is 4.79 Å². The third-order valence-electron chi connectivity index (χ3n) is 5.07.